The third-order valence-corrected chi connectivity index (χ3v) is 7.23. The molecular weight excluding hydrogens is 491 g/mol. The Labute approximate surface area is 218 Å². The number of ether oxygens (including phenoxy) is 1. The molecule has 1 N–H and O–H groups in total. The van der Waals surface area contributed by atoms with Crippen molar-refractivity contribution in [2.75, 3.05) is 17.8 Å². The summed E-state index contributed by atoms with van der Waals surface area (Å²) < 4.78 is 21.4. The number of amides is 2. The molecule has 3 aromatic carbocycles. The third kappa shape index (κ3) is 4.82. The van der Waals surface area contributed by atoms with Crippen LogP contribution in [0.3, 0.4) is 0 Å². The SMILES string of the molecule is COc1ccccc1CNC(=O)[C@@H]1c2c(C)nn(-c3ccccc3)c2SCC(=O)N1c1cccc(F)c1. The maximum Gasteiger partial charge on any atom is 0.248 e. The number of anilines is 1. The molecule has 4 aromatic rings. The van der Waals surface area contributed by atoms with E-state index in [1.807, 2.05) is 61.5 Å². The first-order valence-electron chi connectivity index (χ1n) is 11.7. The molecule has 37 heavy (non-hydrogen) atoms. The molecule has 0 unspecified atom stereocenters. The van der Waals surface area contributed by atoms with Gasteiger partial charge in [0.05, 0.1) is 24.2 Å². The first-order valence-corrected chi connectivity index (χ1v) is 12.7. The van der Waals surface area contributed by atoms with E-state index >= 15 is 0 Å². The first kappa shape index (κ1) is 24.6. The second-order valence-electron chi connectivity index (χ2n) is 8.52. The van der Waals surface area contributed by atoms with Crippen LogP contribution in [0.1, 0.15) is 22.9 Å². The van der Waals surface area contributed by atoms with E-state index in [4.69, 9.17) is 9.84 Å². The van der Waals surface area contributed by atoms with Crippen molar-refractivity contribution in [3.05, 3.63) is 102 Å². The fourth-order valence-electron chi connectivity index (χ4n) is 4.48. The molecule has 9 heteroatoms. The number of rotatable bonds is 6. The molecular formula is C28H25FN4O3S. The number of fused-ring (bicyclic) bond motifs is 1. The quantitative estimate of drug-likeness (QED) is 0.398. The number of methoxy groups -OCH3 is 1. The topological polar surface area (TPSA) is 76.5 Å². The number of nitrogens with zero attached hydrogens (tertiary/aromatic N) is 3. The second kappa shape index (κ2) is 10.5. The van der Waals surface area contributed by atoms with E-state index in [0.717, 1.165) is 11.3 Å². The van der Waals surface area contributed by atoms with Crippen LogP contribution in [0.25, 0.3) is 5.69 Å². The van der Waals surface area contributed by atoms with Crippen molar-refractivity contribution in [2.45, 2.75) is 24.5 Å². The van der Waals surface area contributed by atoms with Crippen LogP contribution in [0.5, 0.6) is 5.75 Å². The van der Waals surface area contributed by atoms with Crippen LogP contribution in [0.2, 0.25) is 0 Å². The Balaban J connectivity index is 1.61. The molecule has 5 rings (SSSR count). The van der Waals surface area contributed by atoms with Crippen molar-refractivity contribution in [1.82, 2.24) is 15.1 Å². The van der Waals surface area contributed by atoms with Crippen molar-refractivity contribution in [3.63, 3.8) is 0 Å². The van der Waals surface area contributed by atoms with Gasteiger partial charge in [0.25, 0.3) is 0 Å². The fraction of sp³-hybridized carbons (Fsp3) is 0.179. The zero-order valence-corrected chi connectivity index (χ0v) is 21.2. The number of carbonyl (C=O) groups excluding carboxylic acids is 2. The van der Waals surface area contributed by atoms with E-state index in [1.165, 1.54) is 34.9 Å². The van der Waals surface area contributed by atoms with Crippen LogP contribution < -0.4 is 15.0 Å². The average Bonchev–Trinajstić information content (AvgIpc) is 3.15. The molecule has 1 aliphatic heterocycles. The molecule has 188 valence electrons. The van der Waals surface area contributed by atoms with Gasteiger partial charge in [0, 0.05) is 23.4 Å². The lowest BCUT2D eigenvalue weighted by molar-refractivity contribution is -0.126. The van der Waals surface area contributed by atoms with E-state index in [1.54, 1.807) is 17.9 Å². The largest absolute Gasteiger partial charge is 0.496 e. The number of hydrogen-bond donors (Lipinski definition) is 1. The Bertz CT molecular complexity index is 1460. The van der Waals surface area contributed by atoms with Crippen molar-refractivity contribution in [3.8, 4) is 11.4 Å². The number of halogens is 1. The van der Waals surface area contributed by atoms with Gasteiger partial charge >= 0.3 is 0 Å². The van der Waals surface area contributed by atoms with Gasteiger partial charge in [-0.25, -0.2) is 9.07 Å². The van der Waals surface area contributed by atoms with E-state index in [9.17, 15) is 14.0 Å². The molecule has 0 radical (unpaired) electrons. The smallest absolute Gasteiger partial charge is 0.248 e. The lowest BCUT2D eigenvalue weighted by Crippen LogP contribution is -2.44. The fourth-order valence-corrected chi connectivity index (χ4v) is 5.57. The van der Waals surface area contributed by atoms with Crippen LogP contribution in [-0.4, -0.2) is 34.5 Å². The molecule has 0 saturated heterocycles. The second-order valence-corrected chi connectivity index (χ2v) is 9.48. The molecule has 0 spiro atoms. The number of hydrogen-bond acceptors (Lipinski definition) is 5. The van der Waals surface area contributed by atoms with E-state index < -0.39 is 17.8 Å². The van der Waals surface area contributed by atoms with Crippen molar-refractivity contribution >= 4 is 29.3 Å². The number of benzene rings is 3. The Hall–Kier alpha value is -4.11. The monoisotopic (exact) mass is 516 g/mol. The molecule has 0 bridgehead atoms. The van der Waals surface area contributed by atoms with Crippen LogP contribution in [0.15, 0.2) is 83.9 Å². The standard InChI is InChI=1S/C28H25FN4O3S/c1-18-25-26(27(35)30-16-19-9-6-7-14-23(19)36-2)32(22-13-8-10-20(29)15-22)24(34)17-37-28(25)33(31-18)21-11-4-3-5-12-21/h3-15,26H,16-17H2,1-2H3,(H,30,35)/t26-/m0/s1. The predicted molar refractivity (Wildman–Crippen MR) is 140 cm³/mol. The summed E-state index contributed by atoms with van der Waals surface area (Å²) in [4.78, 5) is 28.8. The van der Waals surface area contributed by atoms with Gasteiger partial charge in [-0.1, -0.05) is 54.2 Å². The maximum atomic E-state index is 14.3. The first-order chi connectivity index (χ1) is 18.0. The Morgan fingerprint density at radius 1 is 1.08 bits per heavy atom. The van der Waals surface area contributed by atoms with E-state index in [0.29, 0.717) is 27.7 Å². The number of aryl methyl sites for hydroxylation is 1. The summed E-state index contributed by atoms with van der Waals surface area (Å²) >= 11 is 1.32. The maximum absolute atomic E-state index is 14.3. The molecule has 2 amide bonds. The minimum Gasteiger partial charge on any atom is -0.496 e. The lowest BCUT2D eigenvalue weighted by atomic mass is 10.0. The number of para-hydroxylation sites is 2. The van der Waals surface area contributed by atoms with E-state index in [2.05, 4.69) is 5.32 Å². The van der Waals surface area contributed by atoms with Crippen LogP contribution in [0, 0.1) is 12.7 Å². The summed E-state index contributed by atoms with van der Waals surface area (Å²) in [6.45, 7) is 2.01. The van der Waals surface area contributed by atoms with Gasteiger partial charge < -0.3 is 10.1 Å². The van der Waals surface area contributed by atoms with Crippen molar-refractivity contribution in [2.24, 2.45) is 0 Å². The number of carbonyl (C=O) groups is 2. The van der Waals surface area contributed by atoms with Crippen LogP contribution >= 0.6 is 11.8 Å². The van der Waals surface area contributed by atoms with Crippen molar-refractivity contribution < 1.29 is 18.7 Å². The zero-order valence-electron chi connectivity index (χ0n) is 20.3. The normalized spacial score (nSPS) is 15.2. The summed E-state index contributed by atoms with van der Waals surface area (Å²) in [5.74, 6) is -0.484. The Morgan fingerprint density at radius 2 is 1.81 bits per heavy atom. The minimum absolute atomic E-state index is 0.0672. The van der Waals surface area contributed by atoms with Gasteiger partial charge in [0.1, 0.15) is 22.6 Å². The van der Waals surface area contributed by atoms with Crippen LogP contribution in [-0.2, 0) is 16.1 Å². The van der Waals surface area contributed by atoms with Gasteiger partial charge in [-0.15, -0.1) is 0 Å². The number of thioether (sulfide) groups is 1. The molecule has 7 nitrogen and oxygen atoms in total. The summed E-state index contributed by atoms with van der Waals surface area (Å²) in [6.07, 6.45) is 0. The minimum atomic E-state index is -1.05. The zero-order chi connectivity index (χ0) is 25.9. The van der Waals surface area contributed by atoms with Gasteiger partial charge in [-0.3, -0.25) is 14.5 Å². The highest BCUT2D eigenvalue weighted by Crippen LogP contribution is 2.41. The molecule has 0 aliphatic carbocycles. The molecule has 1 aromatic heterocycles. The molecule has 1 aliphatic rings. The number of aromatic nitrogens is 2. The molecule has 2 heterocycles. The van der Waals surface area contributed by atoms with Crippen LogP contribution in [0.4, 0.5) is 10.1 Å². The van der Waals surface area contributed by atoms with Gasteiger partial charge in [-0.05, 0) is 43.3 Å². The Morgan fingerprint density at radius 3 is 2.57 bits per heavy atom. The van der Waals surface area contributed by atoms with Crippen molar-refractivity contribution in [1.29, 1.82) is 0 Å². The third-order valence-electron chi connectivity index (χ3n) is 6.18. The average molecular weight is 517 g/mol. The Kier molecular flexibility index (Phi) is 6.96. The van der Waals surface area contributed by atoms with Gasteiger partial charge in [0.2, 0.25) is 11.8 Å². The summed E-state index contributed by atoms with van der Waals surface area (Å²) in [5, 5.41) is 8.41. The summed E-state index contributed by atoms with van der Waals surface area (Å²) in [6, 6.07) is 21.6. The van der Waals surface area contributed by atoms with E-state index in [-0.39, 0.29) is 18.2 Å². The summed E-state index contributed by atoms with van der Waals surface area (Å²) in [5.41, 5.74) is 3.14. The van der Waals surface area contributed by atoms with Gasteiger partial charge in [0.15, 0.2) is 0 Å². The lowest BCUT2D eigenvalue weighted by Gasteiger charge is -2.29. The highest BCUT2D eigenvalue weighted by Gasteiger charge is 2.40. The highest BCUT2D eigenvalue weighted by molar-refractivity contribution is 8.00. The predicted octanol–water partition coefficient (Wildman–Crippen LogP) is 4.82. The molecule has 0 fully saturated rings. The molecule has 0 saturated carbocycles. The molecule has 1 atom stereocenters. The highest BCUT2D eigenvalue weighted by atomic mass is 32.2. The summed E-state index contributed by atoms with van der Waals surface area (Å²) in [7, 11) is 1.57. The van der Waals surface area contributed by atoms with Gasteiger partial charge in [-0.2, -0.15) is 5.10 Å². The number of nitrogens with one attached hydrogen (secondary N) is 1.